The van der Waals surface area contributed by atoms with Gasteiger partial charge in [0.2, 0.25) is 0 Å². The summed E-state index contributed by atoms with van der Waals surface area (Å²) in [5.74, 6) is -1.20. The molecule has 0 N–H and O–H groups in total. The number of hydrogen-bond acceptors (Lipinski definition) is 1. The Kier molecular flexibility index (Phi) is 4.07. The van der Waals surface area contributed by atoms with Crippen molar-refractivity contribution in [2.24, 2.45) is 0 Å². The number of nitrogens with zero attached hydrogens (tertiary/aromatic N) is 2. The summed E-state index contributed by atoms with van der Waals surface area (Å²) in [6, 6.07) is 3.26. The molecule has 0 fully saturated rings. The van der Waals surface area contributed by atoms with Crippen molar-refractivity contribution < 1.29 is 8.78 Å². The van der Waals surface area contributed by atoms with Gasteiger partial charge in [-0.15, -0.1) is 11.6 Å². The quantitative estimate of drug-likeness (QED) is 0.724. The van der Waals surface area contributed by atoms with Crippen molar-refractivity contribution in [2.75, 3.05) is 0 Å². The van der Waals surface area contributed by atoms with Crippen LogP contribution in [0.25, 0.3) is 5.69 Å². The fourth-order valence-corrected chi connectivity index (χ4v) is 2.57. The lowest BCUT2D eigenvalue weighted by Crippen LogP contribution is -2.14. The first-order valence-corrected chi connectivity index (χ1v) is 6.96. The van der Waals surface area contributed by atoms with Crippen LogP contribution >= 0.6 is 23.2 Å². The zero-order valence-corrected chi connectivity index (χ0v) is 12.9. The maximum Gasteiger partial charge on any atom is 0.151 e. The van der Waals surface area contributed by atoms with E-state index < -0.39 is 11.6 Å². The molecule has 6 heteroatoms. The van der Waals surface area contributed by atoms with Gasteiger partial charge in [-0.25, -0.2) is 13.5 Å². The molecule has 1 aromatic heterocycles. The highest BCUT2D eigenvalue weighted by molar-refractivity contribution is 6.31. The smallest absolute Gasteiger partial charge is 0.151 e. The average molecular weight is 319 g/mol. The van der Waals surface area contributed by atoms with Crippen LogP contribution in [-0.2, 0) is 11.3 Å². The molecule has 0 saturated carbocycles. The molecule has 20 heavy (non-hydrogen) atoms. The Labute approximate surface area is 126 Å². The van der Waals surface area contributed by atoms with Gasteiger partial charge in [-0.05, 0) is 12.1 Å². The predicted octanol–water partition coefficient (Wildman–Crippen LogP) is 4.84. The number of halogens is 4. The third-order valence-electron chi connectivity index (χ3n) is 2.90. The topological polar surface area (TPSA) is 17.8 Å². The number of hydrogen-bond donors (Lipinski definition) is 0. The van der Waals surface area contributed by atoms with Crippen LogP contribution < -0.4 is 0 Å². The molecule has 1 heterocycles. The summed E-state index contributed by atoms with van der Waals surface area (Å²) in [7, 11) is 0. The molecule has 1 aromatic carbocycles. The van der Waals surface area contributed by atoms with Gasteiger partial charge in [0.15, 0.2) is 5.82 Å². The van der Waals surface area contributed by atoms with E-state index >= 15 is 0 Å². The van der Waals surface area contributed by atoms with E-state index in [4.69, 9.17) is 23.2 Å². The molecule has 0 aliphatic carbocycles. The third kappa shape index (κ3) is 2.67. The molecule has 2 nitrogen and oxygen atoms in total. The van der Waals surface area contributed by atoms with Gasteiger partial charge < -0.3 is 0 Å². The van der Waals surface area contributed by atoms with E-state index in [1.807, 2.05) is 20.8 Å². The summed E-state index contributed by atoms with van der Waals surface area (Å²) in [5, 5.41) is 4.60. The lowest BCUT2D eigenvalue weighted by atomic mass is 9.90. The van der Waals surface area contributed by atoms with Gasteiger partial charge in [-0.2, -0.15) is 5.10 Å². The molecule has 0 atom stereocenters. The molecule has 0 aliphatic heterocycles. The second kappa shape index (κ2) is 5.34. The summed E-state index contributed by atoms with van der Waals surface area (Å²) in [4.78, 5) is 0. The second-order valence-corrected chi connectivity index (χ2v) is 6.13. The number of alkyl halides is 1. The van der Waals surface area contributed by atoms with Gasteiger partial charge in [-0.3, -0.25) is 0 Å². The van der Waals surface area contributed by atoms with Crippen LogP contribution in [0.4, 0.5) is 8.78 Å². The normalized spacial score (nSPS) is 11.9. The van der Waals surface area contributed by atoms with Crippen LogP contribution in [0.5, 0.6) is 0 Å². The van der Waals surface area contributed by atoms with E-state index in [2.05, 4.69) is 5.10 Å². The molecule has 0 bridgehead atoms. The molecular weight excluding hydrogens is 305 g/mol. The third-order valence-corrected chi connectivity index (χ3v) is 3.56. The maximum atomic E-state index is 13.9. The van der Waals surface area contributed by atoms with Gasteiger partial charge >= 0.3 is 0 Å². The summed E-state index contributed by atoms with van der Waals surface area (Å²) in [6.45, 7) is 5.90. The van der Waals surface area contributed by atoms with Crippen molar-refractivity contribution in [3.05, 3.63) is 46.2 Å². The van der Waals surface area contributed by atoms with Gasteiger partial charge in [0, 0.05) is 17.0 Å². The maximum absolute atomic E-state index is 13.9. The SMILES string of the molecule is CC(C)(C)c1nn(-c2ccc(F)cc2F)c(Cl)c1CCl. The van der Waals surface area contributed by atoms with Crippen LogP contribution in [0.3, 0.4) is 0 Å². The van der Waals surface area contributed by atoms with Gasteiger partial charge in [0.05, 0.1) is 11.6 Å². The highest BCUT2D eigenvalue weighted by Gasteiger charge is 2.26. The van der Waals surface area contributed by atoms with Crippen LogP contribution in [-0.4, -0.2) is 9.78 Å². The lowest BCUT2D eigenvalue weighted by molar-refractivity contribution is 0.548. The Balaban J connectivity index is 2.67. The standard InChI is InChI=1S/C14H14Cl2F2N2/c1-14(2,3)12-9(7-15)13(16)20(19-12)11-5-4-8(17)6-10(11)18/h4-6H,7H2,1-3H3. The van der Waals surface area contributed by atoms with E-state index in [1.165, 1.54) is 10.7 Å². The van der Waals surface area contributed by atoms with Crippen molar-refractivity contribution in [1.29, 1.82) is 0 Å². The summed E-state index contributed by atoms with van der Waals surface area (Å²) in [6.07, 6.45) is 0. The summed E-state index contributed by atoms with van der Waals surface area (Å²) >= 11 is 12.2. The largest absolute Gasteiger partial charge is 0.219 e. The van der Waals surface area contributed by atoms with Crippen molar-refractivity contribution in [3.63, 3.8) is 0 Å². The van der Waals surface area contributed by atoms with Crippen molar-refractivity contribution in [1.82, 2.24) is 9.78 Å². The van der Waals surface area contributed by atoms with Crippen molar-refractivity contribution >= 4 is 23.2 Å². The molecule has 0 saturated heterocycles. The van der Waals surface area contributed by atoms with Crippen LogP contribution in [0.2, 0.25) is 5.15 Å². The Morgan fingerprint density at radius 3 is 2.35 bits per heavy atom. The molecule has 0 amide bonds. The number of benzene rings is 1. The minimum absolute atomic E-state index is 0.0956. The Morgan fingerprint density at radius 1 is 1.25 bits per heavy atom. The van der Waals surface area contributed by atoms with E-state index in [9.17, 15) is 8.78 Å². The fourth-order valence-electron chi connectivity index (χ4n) is 1.96. The fraction of sp³-hybridized carbons (Fsp3) is 0.357. The van der Waals surface area contributed by atoms with E-state index in [-0.39, 0.29) is 22.1 Å². The lowest BCUT2D eigenvalue weighted by Gasteiger charge is -2.16. The predicted molar refractivity (Wildman–Crippen MR) is 76.7 cm³/mol. The monoisotopic (exact) mass is 318 g/mol. The van der Waals surface area contributed by atoms with E-state index in [0.717, 1.165) is 12.1 Å². The molecule has 108 valence electrons. The molecule has 0 aliphatic rings. The van der Waals surface area contributed by atoms with Crippen LogP contribution in [0.1, 0.15) is 32.0 Å². The summed E-state index contributed by atoms with van der Waals surface area (Å²) < 4.78 is 28.1. The van der Waals surface area contributed by atoms with E-state index in [1.54, 1.807) is 0 Å². The minimum Gasteiger partial charge on any atom is -0.219 e. The van der Waals surface area contributed by atoms with Crippen LogP contribution in [0, 0.1) is 11.6 Å². The van der Waals surface area contributed by atoms with Gasteiger partial charge in [0.1, 0.15) is 16.7 Å². The second-order valence-electron chi connectivity index (χ2n) is 5.51. The molecule has 2 aromatic rings. The Morgan fingerprint density at radius 2 is 1.90 bits per heavy atom. The molecule has 0 radical (unpaired) electrons. The summed E-state index contributed by atoms with van der Waals surface area (Å²) in [5.41, 5.74) is 1.17. The van der Waals surface area contributed by atoms with Gasteiger partial charge in [0.25, 0.3) is 0 Å². The Bertz CT molecular complexity index is 645. The number of rotatable bonds is 2. The first-order chi connectivity index (χ1) is 9.25. The molecule has 0 spiro atoms. The Hall–Kier alpha value is -1.13. The molecule has 0 unspecified atom stereocenters. The number of aromatic nitrogens is 2. The van der Waals surface area contributed by atoms with Gasteiger partial charge in [-0.1, -0.05) is 32.4 Å². The first-order valence-electron chi connectivity index (χ1n) is 6.05. The highest BCUT2D eigenvalue weighted by Crippen LogP contribution is 2.33. The molecule has 2 rings (SSSR count). The van der Waals surface area contributed by atoms with Crippen molar-refractivity contribution in [2.45, 2.75) is 32.1 Å². The average Bonchev–Trinajstić information content (AvgIpc) is 2.66. The van der Waals surface area contributed by atoms with E-state index in [0.29, 0.717) is 11.3 Å². The van der Waals surface area contributed by atoms with Crippen LogP contribution in [0.15, 0.2) is 18.2 Å². The molecular formula is C14H14Cl2F2N2. The zero-order chi connectivity index (χ0) is 15.1. The highest BCUT2D eigenvalue weighted by atomic mass is 35.5. The minimum atomic E-state index is -0.726. The van der Waals surface area contributed by atoms with Crippen molar-refractivity contribution in [3.8, 4) is 5.69 Å². The first kappa shape index (κ1) is 15.3. The zero-order valence-electron chi connectivity index (χ0n) is 11.3.